The summed E-state index contributed by atoms with van der Waals surface area (Å²) in [5, 5.41) is 0. The highest BCUT2D eigenvalue weighted by Gasteiger charge is 2.34. The molecule has 1 aliphatic carbocycles. The van der Waals surface area contributed by atoms with Crippen molar-refractivity contribution in [1.29, 1.82) is 0 Å². The van der Waals surface area contributed by atoms with E-state index in [0.29, 0.717) is 34.7 Å². The van der Waals surface area contributed by atoms with Gasteiger partial charge in [0.15, 0.2) is 18.4 Å². The third kappa shape index (κ3) is 6.08. The van der Waals surface area contributed by atoms with Gasteiger partial charge in [-0.3, -0.25) is 0 Å². The van der Waals surface area contributed by atoms with Crippen molar-refractivity contribution in [2.45, 2.75) is 52.1 Å². The number of halogens is 3. The molecule has 4 nitrogen and oxygen atoms in total. The molecule has 0 bridgehead atoms. The molecule has 3 aromatic rings. The average Bonchev–Trinajstić information content (AvgIpc) is 2.87. The molecule has 0 N–H and O–H groups in total. The Morgan fingerprint density at radius 3 is 2.50 bits per heavy atom. The summed E-state index contributed by atoms with van der Waals surface area (Å²) in [7, 11) is 1.49. The van der Waals surface area contributed by atoms with Crippen molar-refractivity contribution < 1.29 is 27.4 Å². The third-order valence-corrected chi connectivity index (χ3v) is 6.32. The number of methoxy groups -OCH3 is 1. The normalized spacial score (nSPS) is 14.9. The second-order valence-electron chi connectivity index (χ2n) is 9.06. The van der Waals surface area contributed by atoms with Crippen molar-refractivity contribution >= 4 is 5.57 Å². The van der Waals surface area contributed by atoms with Crippen LogP contribution in [0.1, 0.15) is 52.9 Å². The molecule has 36 heavy (non-hydrogen) atoms. The highest BCUT2D eigenvalue weighted by Crippen LogP contribution is 2.40. The molecular weight excluding hydrogens is 467 g/mol. The molecule has 0 atom stereocenters. The van der Waals surface area contributed by atoms with Gasteiger partial charge in [-0.1, -0.05) is 36.4 Å². The van der Waals surface area contributed by atoms with Gasteiger partial charge in [0.05, 0.1) is 0 Å². The summed E-state index contributed by atoms with van der Waals surface area (Å²) >= 11 is 0. The van der Waals surface area contributed by atoms with Gasteiger partial charge in [0.1, 0.15) is 18.1 Å². The molecule has 0 spiro atoms. The van der Waals surface area contributed by atoms with Crippen LogP contribution in [0.5, 0.6) is 11.5 Å². The zero-order valence-corrected chi connectivity index (χ0v) is 20.7. The summed E-state index contributed by atoms with van der Waals surface area (Å²) in [6, 6.07) is 14.8. The number of ether oxygens (including phenoxy) is 3. The molecule has 7 heteroatoms. The van der Waals surface area contributed by atoms with Gasteiger partial charge in [-0.15, -0.1) is 0 Å². The summed E-state index contributed by atoms with van der Waals surface area (Å²) < 4.78 is 59.9. The Hall–Kier alpha value is -3.32. The van der Waals surface area contributed by atoms with Crippen molar-refractivity contribution in [3.8, 4) is 11.5 Å². The second kappa shape index (κ2) is 11.2. The molecule has 1 aliphatic rings. The Balaban J connectivity index is 1.61. The number of nitrogens with zero attached hydrogens (tertiary/aromatic N) is 1. The van der Waals surface area contributed by atoms with E-state index in [1.165, 1.54) is 7.11 Å². The molecule has 0 radical (unpaired) electrons. The van der Waals surface area contributed by atoms with Crippen LogP contribution in [-0.4, -0.2) is 24.8 Å². The van der Waals surface area contributed by atoms with Crippen molar-refractivity contribution in [2.24, 2.45) is 0 Å². The quantitative estimate of drug-likeness (QED) is 0.293. The minimum absolute atomic E-state index is 0.0223. The number of pyridine rings is 1. The van der Waals surface area contributed by atoms with Crippen LogP contribution in [0.2, 0.25) is 0 Å². The van der Waals surface area contributed by atoms with Crippen LogP contribution in [0.3, 0.4) is 0 Å². The Morgan fingerprint density at radius 2 is 1.78 bits per heavy atom. The van der Waals surface area contributed by atoms with Gasteiger partial charge < -0.3 is 14.2 Å². The van der Waals surface area contributed by atoms with Gasteiger partial charge in [0, 0.05) is 32.1 Å². The van der Waals surface area contributed by atoms with Gasteiger partial charge >= 0.3 is 0 Å². The molecular formula is C29H30F3NO3. The summed E-state index contributed by atoms with van der Waals surface area (Å²) in [5.41, 5.74) is 4.53. The molecule has 190 valence electrons. The molecule has 0 saturated carbocycles. The van der Waals surface area contributed by atoms with E-state index in [9.17, 15) is 8.78 Å². The zero-order chi connectivity index (χ0) is 25.7. The SMILES string of the molecule is COCOc1ccc(Cc2c(C)cc(OCc3ccccc3)c(F)c2C)nc1C1=CCCC(F)(F)C1. The van der Waals surface area contributed by atoms with Gasteiger partial charge in [-0.05, 0) is 66.3 Å². The Labute approximate surface area is 209 Å². The van der Waals surface area contributed by atoms with Gasteiger partial charge in [-0.25, -0.2) is 18.2 Å². The summed E-state index contributed by atoms with van der Waals surface area (Å²) in [6.07, 6.45) is 1.83. The van der Waals surface area contributed by atoms with Crippen LogP contribution in [0.15, 0.2) is 54.6 Å². The molecule has 0 aliphatic heterocycles. The smallest absolute Gasteiger partial charge is 0.252 e. The second-order valence-corrected chi connectivity index (χ2v) is 9.06. The third-order valence-electron chi connectivity index (χ3n) is 6.32. The molecule has 1 aromatic heterocycles. The van der Waals surface area contributed by atoms with E-state index >= 15 is 4.39 Å². The number of aromatic nitrogens is 1. The van der Waals surface area contributed by atoms with E-state index in [4.69, 9.17) is 14.2 Å². The van der Waals surface area contributed by atoms with E-state index in [-0.39, 0.29) is 32.0 Å². The minimum atomic E-state index is -2.79. The highest BCUT2D eigenvalue weighted by atomic mass is 19.3. The van der Waals surface area contributed by atoms with E-state index in [1.807, 2.05) is 37.3 Å². The molecule has 0 unspecified atom stereocenters. The van der Waals surface area contributed by atoms with Crippen LogP contribution in [0, 0.1) is 19.7 Å². The van der Waals surface area contributed by atoms with Gasteiger partial charge in [-0.2, -0.15) is 0 Å². The lowest BCUT2D eigenvalue weighted by Crippen LogP contribution is -2.20. The van der Waals surface area contributed by atoms with Crippen molar-refractivity contribution in [3.05, 3.63) is 94.1 Å². The van der Waals surface area contributed by atoms with E-state index in [2.05, 4.69) is 4.98 Å². The van der Waals surface area contributed by atoms with E-state index in [0.717, 1.165) is 16.7 Å². The van der Waals surface area contributed by atoms with Crippen LogP contribution in [0.4, 0.5) is 13.2 Å². The van der Waals surface area contributed by atoms with Crippen LogP contribution < -0.4 is 9.47 Å². The first kappa shape index (κ1) is 25.8. The van der Waals surface area contributed by atoms with E-state index < -0.39 is 18.2 Å². The lowest BCUT2D eigenvalue weighted by atomic mass is 9.92. The first-order valence-electron chi connectivity index (χ1n) is 11.9. The predicted molar refractivity (Wildman–Crippen MR) is 133 cm³/mol. The molecule has 1 heterocycles. The minimum Gasteiger partial charge on any atom is -0.486 e. The monoisotopic (exact) mass is 497 g/mol. The number of hydrogen-bond acceptors (Lipinski definition) is 4. The maximum atomic E-state index is 15.2. The fourth-order valence-corrected chi connectivity index (χ4v) is 4.38. The van der Waals surface area contributed by atoms with Crippen molar-refractivity contribution in [1.82, 2.24) is 4.98 Å². The van der Waals surface area contributed by atoms with Crippen LogP contribution in [0.25, 0.3) is 5.57 Å². The van der Waals surface area contributed by atoms with Crippen LogP contribution >= 0.6 is 0 Å². The first-order valence-corrected chi connectivity index (χ1v) is 11.9. The first-order chi connectivity index (χ1) is 17.3. The Kier molecular flexibility index (Phi) is 7.99. The zero-order valence-electron chi connectivity index (χ0n) is 20.7. The fraction of sp³-hybridized carbons (Fsp3) is 0.345. The number of benzene rings is 2. The lowest BCUT2D eigenvalue weighted by molar-refractivity contribution is -0.00449. The number of aryl methyl sites for hydroxylation is 1. The topological polar surface area (TPSA) is 40.6 Å². The summed E-state index contributed by atoms with van der Waals surface area (Å²) in [5.74, 6) is -2.62. The summed E-state index contributed by atoms with van der Waals surface area (Å²) in [6.45, 7) is 3.86. The lowest BCUT2D eigenvalue weighted by Gasteiger charge is -2.23. The maximum absolute atomic E-state index is 15.2. The van der Waals surface area contributed by atoms with Gasteiger partial charge in [0.2, 0.25) is 0 Å². The Morgan fingerprint density at radius 1 is 1.00 bits per heavy atom. The number of rotatable bonds is 9. The van der Waals surface area contributed by atoms with Gasteiger partial charge in [0.25, 0.3) is 5.92 Å². The average molecular weight is 498 g/mol. The standard InChI is InChI=1S/C29H30F3NO3/c1-19-14-26(35-17-21-8-5-4-6-9-21)27(30)20(2)24(19)15-23-11-12-25(36-18-34-3)28(33-23)22-10-7-13-29(31,32)16-22/h4-6,8-12,14H,7,13,15-18H2,1-3H3. The van der Waals surface area contributed by atoms with Crippen molar-refractivity contribution in [3.63, 3.8) is 0 Å². The number of allylic oxidation sites excluding steroid dienone is 2. The number of alkyl halides is 2. The Bertz CT molecular complexity index is 1240. The summed E-state index contributed by atoms with van der Waals surface area (Å²) in [4.78, 5) is 4.68. The molecule has 2 aromatic carbocycles. The molecule has 0 saturated heterocycles. The van der Waals surface area contributed by atoms with Crippen LogP contribution in [-0.2, 0) is 17.8 Å². The highest BCUT2D eigenvalue weighted by molar-refractivity contribution is 5.69. The molecule has 0 fully saturated rings. The fourth-order valence-electron chi connectivity index (χ4n) is 4.38. The molecule has 0 amide bonds. The maximum Gasteiger partial charge on any atom is 0.252 e. The number of hydrogen-bond donors (Lipinski definition) is 0. The largest absolute Gasteiger partial charge is 0.486 e. The van der Waals surface area contributed by atoms with Crippen molar-refractivity contribution in [2.75, 3.05) is 13.9 Å². The van der Waals surface area contributed by atoms with E-state index in [1.54, 1.807) is 31.2 Å². The predicted octanol–water partition coefficient (Wildman–Crippen LogP) is 7.19. The molecule has 4 rings (SSSR count).